The summed E-state index contributed by atoms with van der Waals surface area (Å²) < 4.78 is 5.23. The molecule has 1 unspecified atom stereocenters. The highest BCUT2D eigenvalue weighted by Crippen LogP contribution is 2.34. The van der Waals surface area contributed by atoms with E-state index in [0.29, 0.717) is 12.6 Å². The van der Waals surface area contributed by atoms with Crippen LogP contribution in [-0.2, 0) is 9.53 Å². The van der Waals surface area contributed by atoms with Crippen molar-refractivity contribution in [1.29, 1.82) is 0 Å². The first-order valence-electron chi connectivity index (χ1n) is 6.24. The summed E-state index contributed by atoms with van der Waals surface area (Å²) in [5, 5.41) is 3.41. The summed E-state index contributed by atoms with van der Waals surface area (Å²) in [5.74, 6) is 0.701. The largest absolute Gasteiger partial charge is 0.465 e. The number of nitrogens with one attached hydrogen (secondary N) is 1. The van der Waals surface area contributed by atoms with Crippen LogP contribution in [0.5, 0.6) is 0 Å². The summed E-state index contributed by atoms with van der Waals surface area (Å²) in [5.41, 5.74) is 0. The molecule has 0 radical (unpaired) electrons. The number of hydrogen-bond acceptors (Lipinski definition) is 3. The lowest BCUT2D eigenvalue weighted by Crippen LogP contribution is -2.36. The highest BCUT2D eigenvalue weighted by molar-refractivity contribution is 5.76. The predicted octanol–water partition coefficient (Wildman–Crippen LogP) is 1.86. The van der Waals surface area contributed by atoms with E-state index in [4.69, 9.17) is 4.74 Å². The maximum Gasteiger partial charge on any atom is 0.323 e. The van der Waals surface area contributed by atoms with E-state index in [-0.39, 0.29) is 12.0 Å². The van der Waals surface area contributed by atoms with Crippen LogP contribution in [0.15, 0.2) is 0 Å². The Morgan fingerprint density at radius 3 is 3.07 bits per heavy atom. The average molecular weight is 211 g/mol. The zero-order chi connectivity index (χ0) is 10.7. The molecule has 15 heavy (non-hydrogen) atoms. The van der Waals surface area contributed by atoms with Crippen molar-refractivity contribution in [2.75, 3.05) is 6.61 Å². The van der Waals surface area contributed by atoms with Crippen molar-refractivity contribution in [2.45, 2.75) is 57.5 Å². The highest BCUT2D eigenvalue weighted by Gasteiger charge is 2.40. The second-order valence-electron chi connectivity index (χ2n) is 4.77. The fraction of sp³-hybridized carbons (Fsp3) is 0.917. The molecule has 0 amide bonds. The van der Waals surface area contributed by atoms with Crippen LogP contribution in [0.3, 0.4) is 0 Å². The van der Waals surface area contributed by atoms with Gasteiger partial charge in [0.25, 0.3) is 0 Å². The third-order valence-corrected chi connectivity index (χ3v) is 3.64. The Balaban J connectivity index is 1.73. The average Bonchev–Trinajstić information content (AvgIpc) is 2.76. The molecule has 1 heterocycles. The quantitative estimate of drug-likeness (QED) is 0.570. The van der Waals surface area contributed by atoms with Gasteiger partial charge in [-0.25, -0.2) is 0 Å². The fourth-order valence-corrected chi connectivity index (χ4v) is 2.75. The SMILES string of the molecule is CCCCOC(=O)C1C[C@@H]2CCC[C@@H]2N1. The molecule has 3 nitrogen and oxygen atoms in total. The molecule has 2 rings (SSSR count). The van der Waals surface area contributed by atoms with Crippen molar-refractivity contribution in [1.82, 2.24) is 5.32 Å². The van der Waals surface area contributed by atoms with Crippen molar-refractivity contribution >= 4 is 5.97 Å². The second kappa shape index (κ2) is 4.97. The van der Waals surface area contributed by atoms with Gasteiger partial charge in [-0.15, -0.1) is 0 Å². The number of hydrogen-bond donors (Lipinski definition) is 1. The van der Waals surface area contributed by atoms with Gasteiger partial charge in [0.15, 0.2) is 0 Å². The lowest BCUT2D eigenvalue weighted by atomic mass is 10.0. The second-order valence-corrected chi connectivity index (χ2v) is 4.77. The highest BCUT2D eigenvalue weighted by atomic mass is 16.5. The topological polar surface area (TPSA) is 38.3 Å². The van der Waals surface area contributed by atoms with Crippen LogP contribution in [0.4, 0.5) is 0 Å². The van der Waals surface area contributed by atoms with E-state index in [9.17, 15) is 4.79 Å². The van der Waals surface area contributed by atoms with Crippen LogP contribution < -0.4 is 5.32 Å². The monoisotopic (exact) mass is 211 g/mol. The normalized spacial score (nSPS) is 34.1. The number of unbranched alkanes of at least 4 members (excludes halogenated alkanes) is 1. The summed E-state index contributed by atoms with van der Waals surface area (Å²) in [4.78, 5) is 11.7. The first-order valence-corrected chi connectivity index (χ1v) is 6.24. The predicted molar refractivity (Wildman–Crippen MR) is 58.5 cm³/mol. The maximum atomic E-state index is 11.7. The molecule has 3 heteroatoms. The van der Waals surface area contributed by atoms with E-state index in [0.717, 1.165) is 25.2 Å². The summed E-state index contributed by atoms with van der Waals surface area (Å²) in [7, 11) is 0. The van der Waals surface area contributed by atoms with Crippen molar-refractivity contribution in [2.24, 2.45) is 5.92 Å². The first-order chi connectivity index (χ1) is 7.31. The molecule has 2 aliphatic rings. The smallest absolute Gasteiger partial charge is 0.323 e. The Hall–Kier alpha value is -0.570. The standard InChI is InChI=1S/C12H21NO2/c1-2-3-7-15-12(14)11-8-9-5-4-6-10(9)13-11/h9-11,13H,2-8H2,1H3/t9-,10-,11?/m0/s1. The molecule has 0 aromatic carbocycles. The summed E-state index contributed by atoms with van der Waals surface area (Å²) in [6.45, 7) is 2.69. The molecule has 2 fully saturated rings. The lowest BCUT2D eigenvalue weighted by molar-refractivity contribution is -0.146. The number of rotatable bonds is 4. The Morgan fingerprint density at radius 2 is 2.33 bits per heavy atom. The van der Waals surface area contributed by atoms with Crippen molar-refractivity contribution in [3.05, 3.63) is 0 Å². The zero-order valence-corrected chi connectivity index (χ0v) is 9.50. The maximum absolute atomic E-state index is 11.7. The van der Waals surface area contributed by atoms with Gasteiger partial charge in [0, 0.05) is 6.04 Å². The van der Waals surface area contributed by atoms with E-state index in [2.05, 4.69) is 12.2 Å². The van der Waals surface area contributed by atoms with E-state index >= 15 is 0 Å². The fourth-order valence-electron chi connectivity index (χ4n) is 2.75. The van der Waals surface area contributed by atoms with Crippen LogP contribution in [0, 0.1) is 5.92 Å². The summed E-state index contributed by atoms with van der Waals surface area (Å²) in [6.07, 6.45) is 6.90. The van der Waals surface area contributed by atoms with E-state index in [1.807, 2.05) is 0 Å². The molecule has 0 spiro atoms. The molecule has 1 saturated heterocycles. The van der Waals surface area contributed by atoms with Crippen LogP contribution in [0.1, 0.15) is 45.4 Å². The van der Waals surface area contributed by atoms with Crippen LogP contribution in [0.25, 0.3) is 0 Å². The first kappa shape index (κ1) is 10.9. The minimum atomic E-state index is -0.0298. The third kappa shape index (κ3) is 2.51. The van der Waals surface area contributed by atoms with Gasteiger partial charge in [0.1, 0.15) is 6.04 Å². The van der Waals surface area contributed by atoms with E-state index < -0.39 is 0 Å². The molecule has 1 aliphatic heterocycles. The molecule has 0 aromatic heterocycles. The van der Waals surface area contributed by atoms with Crippen molar-refractivity contribution in [3.63, 3.8) is 0 Å². The number of carbonyl (C=O) groups excluding carboxylic acids is 1. The Bertz CT molecular complexity index is 218. The van der Waals surface area contributed by atoms with Gasteiger partial charge in [-0.3, -0.25) is 4.79 Å². The Kier molecular flexibility index (Phi) is 3.62. The van der Waals surface area contributed by atoms with Gasteiger partial charge in [0.05, 0.1) is 6.61 Å². The minimum Gasteiger partial charge on any atom is -0.465 e. The lowest BCUT2D eigenvalue weighted by Gasteiger charge is -2.12. The summed E-state index contributed by atoms with van der Waals surface area (Å²) in [6, 6.07) is 0.575. The third-order valence-electron chi connectivity index (χ3n) is 3.64. The molecule has 1 aliphatic carbocycles. The van der Waals surface area contributed by atoms with Crippen LogP contribution in [0.2, 0.25) is 0 Å². The van der Waals surface area contributed by atoms with Gasteiger partial charge in [-0.05, 0) is 31.6 Å². The number of fused-ring (bicyclic) bond motifs is 1. The van der Waals surface area contributed by atoms with Gasteiger partial charge < -0.3 is 10.1 Å². The molecule has 1 saturated carbocycles. The van der Waals surface area contributed by atoms with E-state index in [1.54, 1.807) is 0 Å². The number of esters is 1. The van der Waals surface area contributed by atoms with E-state index in [1.165, 1.54) is 19.3 Å². The molecule has 3 atom stereocenters. The zero-order valence-electron chi connectivity index (χ0n) is 9.50. The van der Waals surface area contributed by atoms with Gasteiger partial charge in [0.2, 0.25) is 0 Å². The Morgan fingerprint density at radius 1 is 1.47 bits per heavy atom. The van der Waals surface area contributed by atoms with Crippen LogP contribution in [-0.4, -0.2) is 24.7 Å². The number of carbonyl (C=O) groups is 1. The van der Waals surface area contributed by atoms with Crippen molar-refractivity contribution in [3.8, 4) is 0 Å². The number of ether oxygens (including phenoxy) is 1. The molecular weight excluding hydrogens is 190 g/mol. The van der Waals surface area contributed by atoms with Gasteiger partial charge in [-0.2, -0.15) is 0 Å². The molecule has 0 bridgehead atoms. The summed E-state index contributed by atoms with van der Waals surface area (Å²) >= 11 is 0. The Labute approximate surface area is 91.6 Å². The molecular formula is C12H21NO2. The van der Waals surface area contributed by atoms with Gasteiger partial charge in [-0.1, -0.05) is 19.8 Å². The minimum absolute atomic E-state index is 0.0165. The van der Waals surface area contributed by atoms with Gasteiger partial charge >= 0.3 is 5.97 Å². The molecule has 86 valence electrons. The van der Waals surface area contributed by atoms with Crippen LogP contribution >= 0.6 is 0 Å². The molecule has 0 aromatic rings. The molecule has 1 N–H and O–H groups in total. The van der Waals surface area contributed by atoms with Crippen molar-refractivity contribution < 1.29 is 9.53 Å².